The molecule has 0 amide bonds. The molecule has 0 bridgehead atoms. The molecule has 1 aliphatic heterocycles. The van der Waals surface area contributed by atoms with Gasteiger partial charge in [0.1, 0.15) is 0 Å². The maximum Gasteiger partial charge on any atom is 0.0967 e. The van der Waals surface area contributed by atoms with Crippen molar-refractivity contribution >= 4 is 0 Å². The summed E-state index contributed by atoms with van der Waals surface area (Å²) in [6, 6.07) is 13.9. The summed E-state index contributed by atoms with van der Waals surface area (Å²) in [5.41, 5.74) is 1.46. The van der Waals surface area contributed by atoms with Crippen molar-refractivity contribution in [3.63, 3.8) is 0 Å². The summed E-state index contributed by atoms with van der Waals surface area (Å²) in [7, 11) is 0. The number of rotatable bonds is 6. The van der Waals surface area contributed by atoms with Crippen LogP contribution in [0.5, 0.6) is 0 Å². The topological polar surface area (TPSA) is 39.1 Å². The van der Waals surface area contributed by atoms with Crippen LogP contribution in [0.3, 0.4) is 0 Å². The zero-order valence-corrected chi connectivity index (χ0v) is 12.0. The van der Waals surface area contributed by atoms with Gasteiger partial charge in [0.2, 0.25) is 0 Å². The maximum absolute atomic E-state index is 9.18. The fourth-order valence-electron chi connectivity index (χ4n) is 3.06. The number of nitrogens with one attached hydrogen (secondary N) is 1. The largest absolute Gasteiger partial charge is 0.303 e. The van der Waals surface area contributed by atoms with Gasteiger partial charge in [0.25, 0.3) is 0 Å². The first-order valence-electron chi connectivity index (χ1n) is 7.78. The van der Waals surface area contributed by atoms with Gasteiger partial charge in [-0.15, -0.1) is 0 Å². The first-order valence-corrected chi connectivity index (χ1v) is 7.78. The fourth-order valence-corrected chi connectivity index (χ4v) is 3.06. The number of nitriles is 1. The molecule has 2 fully saturated rings. The van der Waals surface area contributed by atoms with E-state index in [2.05, 4.69) is 46.6 Å². The quantitative estimate of drug-likeness (QED) is 0.862. The van der Waals surface area contributed by atoms with Crippen LogP contribution in [-0.4, -0.2) is 36.6 Å². The number of hydrogen-bond donors (Lipinski definition) is 1. The van der Waals surface area contributed by atoms with Crippen LogP contribution in [0.15, 0.2) is 30.3 Å². The molecule has 1 N–H and O–H groups in total. The molecule has 3 heteroatoms. The predicted octanol–water partition coefficient (Wildman–Crippen LogP) is 2.51. The summed E-state index contributed by atoms with van der Waals surface area (Å²) in [4.78, 5) is 2.51. The smallest absolute Gasteiger partial charge is 0.0967 e. The van der Waals surface area contributed by atoms with E-state index < -0.39 is 0 Å². The Hall–Kier alpha value is -1.37. The Balaban J connectivity index is 1.44. The van der Waals surface area contributed by atoms with Gasteiger partial charge in [0, 0.05) is 19.1 Å². The van der Waals surface area contributed by atoms with Crippen molar-refractivity contribution in [3.8, 4) is 6.07 Å². The lowest BCUT2D eigenvalue weighted by molar-refractivity contribution is 0.317. The summed E-state index contributed by atoms with van der Waals surface area (Å²) >= 11 is 0. The van der Waals surface area contributed by atoms with Gasteiger partial charge in [-0.25, -0.2) is 0 Å². The van der Waals surface area contributed by atoms with E-state index in [4.69, 9.17) is 0 Å². The summed E-state index contributed by atoms with van der Waals surface area (Å²) in [6.07, 6.45) is 4.70. The lowest BCUT2D eigenvalue weighted by Crippen LogP contribution is -2.34. The molecule has 106 valence electrons. The van der Waals surface area contributed by atoms with E-state index in [1.165, 1.54) is 31.4 Å². The molecule has 1 saturated heterocycles. The second-order valence-corrected chi connectivity index (χ2v) is 6.11. The molecule has 3 rings (SSSR count). The molecule has 1 aromatic carbocycles. The molecule has 1 aromatic rings. The molecule has 0 radical (unpaired) electrons. The molecule has 0 spiro atoms. The lowest BCUT2D eigenvalue weighted by Gasteiger charge is -2.18. The normalized spacial score (nSPS) is 24.4. The summed E-state index contributed by atoms with van der Waals surface area (Å²) < 4.78 is 0. The number of nitrogens with zero attached hydrogens (tertiary/aromatic N) is 2. The molecule has 2 atom stereocenters. The first-order chi connectivity index (χ1) is 9.85. The van der Waals surface area contributed by atoms with E-state index in [1.807, 2.05) is 0 Å². The first kappa shape index (κ1) is 13.6. The minimum absolute atomic E-state index is 0.0401. The SMILES string of the molecule is N#CC(CCN1CCC(c2ccccc2)C1)NC1CC1. The highest BCUT2D eigenvalue weighted by atomic mass is 15.1. The van der Waals surface area contributed by atoms with Crippen molar-refractivity contribution in [2.45, 2.75) is 43.7 Å². The van der Waals surface area contributed by atoms with Gasteiger partial charge in [-0.1, -0.05) is 30.3 Å². The van der Waals surface area contributed by atoms with Gasteiger partial charge < -0.3 is 4.90 Å². The Morgan fingerprint density at radius 2 is 2.05 bits per heavy atom. The number of benzene rings is 1. The third-order valence-electron chi connectivity index (χ3n) is 4.45. The Bertz CT molecular complexity index is 461. The van der Waals surface area contributed by atoms with Crippen molar-refractivity contribution in [1.82, 2.24) is 10.2 Å². The Kier molecular flexibility index (Phi) is 4.34. The molecular weight excluding hydrogens is 246 g/mol. The highest BCUT2D eigenvalue weighted by Crippen LogP contribution is 2.27. The van der Waals surface area contributed by atoms with E-state index in [9.17, 15) is 5.26 Å². The van der Waals surface area contributed by atoms with Gasteiger partial charge in [-0.05, 0) is 43.7 Å². The van der Waals surface area contributed by atoms with Crippen LogP contribution in [0.2, 0.25) is 0 Å². The maximum atomic E-state index is 9.18. The minimum Gasteiger partial charge on any atom is -0.303 e. The Morgan fingerprint density at radius 1 is 1.25 bits per heavy atom. The third-order valence-corrected chi connectivity index (χ3v) is 4.45. The molecule has 2 aliphatic rings. The van der Waals surface area contributed by atoms with Crippen molar-refractivity contribution in [2.75, 3.05) is 19.6 Å². The van der Waals surface area contributed by atoms with E-state index >= 15 is 0 Å². The monoisotopic (exact) mass is 269 g/mol. The number of hydrogen-bond acceptors (Lipinski definition) is 3. The van der Waals surface area contributed by atoms with Crippen LogP contribution in [0.1, 0.15) is 37.2 Å². The van der Waals surface area contributed by atoms with Crippen LogP contribution in [-0.2, 0) is 0 Å². The standard InChI is InChI=1S/C17H23N3/c18-12-17(19-16-6-7-16)9-11-20-10-8-15(13-20)14-4-2-1-3-5-14/h1-5,15-17,19H,6-11,13H2. The molecule has 20 heavy (non-hydrogen) atoms. The van der Waals surface area contributed by atoms with Crippen LogP contribution in [0, 0.1) is 11.3 Å². The van der Waals surface area contributed by atoms with Gasteiger partial charge >= 0.3 is 0 Å². The van der Waals surface area contributed by atoms with E-state index in [0.29, 0.717) is 12.0 Å². The zero-order chi connectivity index (χ0) is 13.8. The molecule has 1 aliphatic carbocycles. The molecule has 1 saturated carbocycles. The second kappa shape index (κ2) is 6.39. The van der Waals surface area contributed by atoms with Crippen molar-refractivity contribution in [2.24, 2.45) is 0 Å². The minimum atomic E-state index is 0.0401. The number of likely N-dealkylation sites (tertiary alicyclic amines) is 1. The van der Waals surface area contributed by atoms with E-state index in [-0.39, 0.29) is 6.04 Å². The third kappa shape index (κ3) is 3.59. The zero-order valence-electron chi connectivity index (χ0n) is 12.0. The van der Waals surface area contributed by atoms with Crippen LogP contribution in [0.25, 0.3) is 0 Å². The van der Waals surface area contributed by atoms with Gasteiger partial charge in [-0.2, -0.15) is 5.26 Å². The average molecular weight is 269 g/mol. The lowest BCUT2D eigenvalue weighted by atomic mass is 9.99. The van der Waals surface area contributed by atoms with E-state index in [1.54, 1.807) is 0 Å². The second-order valence-electron chi connectivity index (χ2n) is 6.11. The van der Waals surface area contributed by atoms with Gasteiger partial charge in [-0.3, -0.25) is 5.32 Å². The predicted molar refractivity (Wildman–Crippen MR) is 80.4 cm³/mol. The van der Waals surface area contributed by atoms with Crippen LogP contribution in [0.4, 0.5) is 0 Å². The highest BCUT2D eigenvalue weighted by molar-refractivity contribution is 5.21. The summed E-state index contributed by atoms with van der Waals surface area (Å²) in [6.45, 7) is 3.36. The summed E-state index contributed by atoms with van der Waals surface area (Å²) in [5, 5.41) is 12.6. The highest BCUT2D eigenvalue weighted by Gasteiger charge is 2.26. The molecule has 2 unspecified atom stereocenters. The average Bonchev–Trinajstić information content (AvgIpc) is 3.19. The van der Waals surface area contributed by atoms with Gasteiger partial charge in [0.05, 0.1) is 12.1 Å². The molecule has 3 nitrogen and oxygen atoms in total. The van der Waals surface area contributed by atoms with Crippen molar-refractivity contribution in [3.05, 3.63) is 35.9 Å². The van der Waals surface area contributed by atoms with Gasteiger partial charge in [0.15, 0.2) is 0 Å². The molecular formula is C17H23N3. The molecule has 1 heterocycles. The fraction of sp³-hybridized carbons (Fsp3) is 0.588. The van der Waals surface area contributed by atoms with Crippen LogP contribution < -0.4 is 5.32 Å². The van der Waals surface area contributed by atoms with Crippen LogP contribution >= 0.6 is 0 Å². The Labute approximate surface area is 121 Å². The van der Waals surface area contributed by atoms with Crippen molar-refractivity contribution < 1.29 is 0 Å². The van der Waals surface area contributed by atoms with Crippen molar-refractivity contribution in [1.29, 1.82) is 5.26 Å². The Morgan fingerprint density at radius 3 is 2.75 bits per heavy atom. The van der Waals surface area contributed by atoms with E-state index in [0.717, 1.165) is 19.5 Å². The molecule has 0 aromatic heterocycles. The summed E-state index contributed by atoms with van der Waals surface area (Å²) in [5.74, 6) is 0.674.